The van der Waals surface area contributed by atoms with E-state index in [9.17, 15) is 8.42 Å². The molecule has 96 valence electrons. The van der Waals surface area contributed by atoms with Crippen LogP contribution in [0.2, 0.25) is 0 Å². The van der Waals surface area contributed by atoms with E-state index in [1.807, 2.05) is 6.07 Å². The van der Waals surface area contributed by atoms with E-state index in [-0.39, 0.29) is 6.54 Å². The van der Waals surface area contributed by atoms with E-state index in [1.54, 1.807) is 24.3 Å². The van der Waals surface area contributed by atoms with Gasteiger partial charge in [0, 0.05) is 19.6 Å². The minimum absolute atomic E-state index is 0.255. The van der Waals surface area contributed by atoms with Crippen LogP contribution in [0.25, 0.3) is 0 Å². The first-order chi connectivity index (χ1) is 8.62. The molecule has 0 bridgehead atoms. The van der Waals surface area contributed by atoms with Gasteiger partial charge in [-0.05, 0) is 30.5 Å². The second-order valence-electron chi connectivity index (χ2n) is 4.24. The molecule has 1 N–H and O–H groups in total. The molecular formula is C12H15N3O2S. The molecule has 0 amide bonds. The number of nitrogens with one attached hydrogen (secondary N) is 1. The zero-order valence-electron chi connectivity index (χ0n) is 9.96. The fourth-order valence-electron chi connectivity index (χ4n) is 1.89. The van der Waals surface area contributed by atoms with Crippen molar-refractivity contribution in [3.05, 3.63) is 35.4 Å². The molecule has 5 nitrogen and oxygen atoms in total. The van der Waals surface area contributed by atoms with Crippen LogP contribution >= 0.6 is 0 Å². The Morgan fingerprint density at radius 2 is 1.83 bits per heavy atom. The number of nitrogens with zero attached hydrogens (tertiary/aromatic N) is 2. The minimum atomic E-state index is -3.36. The molecule has 0 unspecified atom stereocenters. The lowest BCUT2D eigenvalue weighted by Gasteiger charge is -2.16. The summed E-state index contributed by atoms with van der Waals surface area (Å²) in [7, 11) is -3.36. The Bertz CT molecular complexity index is 540. The zero-order valence-corrected chi connectivity index (χ0v) is 10.8. The molecule has 0 aromatic heterocycles. The number of nitriles is 1. The summed E-state index contributed by atoms with van der Waals surface area (Å²) in [6.07, 6.45) is 1.86. The van der Waals surface area contributed by atoms with E-state index in [1.165, 1.54) is 4.31 Å². The van der Waals surface area contributed by atoms with Crippen LogP contribution in [-0.2, 0) is 16.8 Å². The molecule has 1 saturated heterocycles. The minimum Gasteiger partial charge on any atom is -0.198 e. The van der Waals surface area contributed by atoms with Crippen molar-refractivity contribution >= 4 is 10.2 Å². The smallest absolute Gasteiger partial charge is 0.198 e. The van der Waals surface area contributed by atoms with Gasteiger partial charge in [0.15, 0.2) is 0 Å². The van der Waals surface area contributed by atoms with Gasteiger partial charge in [0.1, 0.15) is 0 Å². The largest absolute Gasteiger partial charge is 0.279 e. The van der Waals surface area contributed by atoms with Crippen molar-refractivity contribution in [1.82, 2.24) is 9.03 Å². The van der Waals surface area contributed by atoms with Gasteiger partial charge in [-0.15, -0.1) is 0 Å². The molecule has 0 spiro atoms. The highest BCUT2D eigenvalue weighted by atomic mass is 32.2. The third-order valence-electron chi connectivity index (χ3n) is 2.95. The molecule has 0 saturated carbocycles. The quantitative estimate of drug-likeness (QED) is 0.882. The van der Waals surface area contributed by atoms with Gasteiger partial charge in [-0.2, -0.15) is 22.7 Å². The van der Waals surface area contributed by atoms with Crippen LogP contribution in [-0.4, -0.2) is 25.8 Å². The highest BCUT2D eigenvalue weighted by molar-refractivity contribution is 7.87. The van der Waals surface area contributed by atoms with Crippen LogP contribution in [0.1, 0.15) is 24.0 Å². The number of hydrogen-bond donors (Lipinski definition) is 1. The third kappa shape index (κ3) is 3.07. The van der Waals surface area contributed by atoms with Crippen molar-refractivity contribution in [3.8, 4) is 6.07 Å². The van der Waals surface area contributed by atoms with Crippen molar-refractivity contribution in [2.24, 2.45) is 0 Å². The van der Waals surface area contributed by atoms with E-state index >= 15 is 0 Å². The zero-order chi connectivity index (χ0) is 13.0. The summed E-state index contributed by atoms with van der Waals surface area (Å²) in [6, 6.07) is 8.89. The van der Waals surface area contributed by atoms with Crippen LogP contribution in [0.4, 0.5) is 0 Å². The molecule has 0 radical (unpaired) electrons. The molecule has 1 aliphatic rings. The maximum absolute atomic E-state index is 11.9. The van der Waals surface area contributed by atoms with Gasteiger partial charge in [-0.3, -0.25) is 0 Å². The highest BCUT2D eigenvalue weighted by Crippen LogP contribution is 2.12. The summed E-state index contributed by atoms with van der Waals surface area (Å²) in [4.78, 5) is 0. The predicted octanol–water partition coefficient (Wildman–Crippen LogP) is 0.988. The van der Waals surface area contributed by atoms with Crippen molar-refractivity contribution in [3.63, 3.8) is 0 Å². The molecule has 0 atom stereocenters. The Morgan fingerprint density at radius 3 is 2.39 bits per heavy atom. The average Bonchev–Trinajstić information content (AvgIpc) is 2.92. The lowest BCUT2D eigenvalue weighted by Crippen LogP contribution is -2.38. The van der Waals surface area contributed by atoms with Crippen molar-refractivity contribution in [2.75, 3.05) is 13.1 Å². The van der Waals surface area contributed by atoms with E-state index in [0.29, 0.717) is 18.7 Å². The SMILES string of the molecule is N#Cc1ccc(CNS(=O)(=O)N2CCCC2)cc1. The van der Waals surface area contributed by atoms with Gasteiger partial charge in [0.05, 0.1) is 11.6 Å². The summed E-state index contributed by atoms with van der Waals surface area (Å²) in [5.41, 5.74) is 1.41. The van der Waals surface area contributed by atoms with Gasteiger partial charge >= 0.3 is 0 Å². The molecule has 1 aromatic rings. The normalized spacial score (nSPS) is 16.6. The first-order valence-corrected chi connectivity index (χ1v) is 7.29. The molecule has 1 aliphatic heterocycles. The number of benzene rings is 1. The summed E-state index contributed by atoms with van der Waals surface area (Å²) in [6.45, 7) is 1.45. The van der Waals surface area contributed by atoms with Gasteiger partial charge in [0.25, 0.3) is 10.2 Å². The summed E-state index contributed by atoms with van der Waals surface area (Å²) in [5, 5.41) is 8.66. The Kier molecular flexibility index (Phi) is 3.97. The third-order valence-corrected chi connectivity index (χ3v) is 4.50. The van der Waals surface area contributed by atoms with Crippen LogP contribution in [0.3, 0.4) is 0 Å². The maximum atomic E-state index is 11.9. The van der Waals surface area contributed by atoms with Crippen LogP contribution in [0, 0.1) is 11.3 Å². The fraction of sp³-hybridized carbons (Fsp3) is 0.417. The Balaban J connectivity index is 1.96. The van der Waals surface area contributed by atoms with Crippen LogP contribution < -0.4 is 4.72 Å². The van der Waals surface area contributed by atoms with Crippen molar-refractivity contribution in [2.45, 2.75) is 19.4 Å². The van der Waals surface area contributed by atoms with Gasteiger partial charge < -0.3 is 0 Å². The first kappa shape index (κ1) is 13.0. The lowest BCUT2D eigenvalue weighted by atomic mass is 10.1. The monoisotopic (exact) mass is 265 g/mol. The molecule has 1 aromatic carbocycles. The topological polar surface area (TPSA) is 73.2 Å². The van der Waals surface area contributed by atoms with Crippen molar-refractivity contribution < 1.29 is 8.42 Å². The standard InChI is InChI=1S/C12H15N3O2S/c13-9-11-3-5-12(6-4-11)10-14-18(16,17)15-7-1-2-8-15/h3-6,14H,1-2,7-8,10H2. The van der Waals surface area contributed by atoms with E-state index in [4.69, 9.17) is 5.26 Å². The Labute approximate surface area is 107 Å². The Morgan fingerprint density at radius 1 is 1.22 bits per heavy atom. The van der Waals surface area contributed by atoms with Crippen LogP contribution in [0.5, 0.6) is 0 Å². The molecule has 1 heterocycles. The Hall–Kier alpha value is -1.42. The second-order valence-corrected chi connectivity index (χ2v) is 6.00. The molecular weight excluding hydrogens is 250 g/mol. The molecule has 6 heteroatoms. The average molecular weight is 265 g/mol. The highest BCUT2D eigenvalue weighted by Gasteiger charge is 2.24. The van der Waals surface area contributed by atoms with E-state index < -0.39 is 10.2 Å². The molecule has 2 rings (SSSR count). The van der Waals surface area contributed by atoms with Crippen LogP contribution in [0.15, 0.2) is 24.3 Å². The van der Waals surface area contributed by atoms with E-state index in [2.05, 4.69) is 4.72 Å². The molecule has 1 fully saturated rings. The van der Waals surface area contributed by atoms with E-state index in [0.717, 1.165) is 18.4 Å². The van der Waals surface area contributed by atoms with Crippen molar-refractivity contribution in [1.29, 1.82) is 5.26 Å². The summed E-state index contributed by atoms with van der Waals surface area (Å²) < 4.78 is 27.8. The fourth-order valence-corrected chi connectivity index (χ4v) is 3.16. The van der Waals surface area contributed by atoms with Gasteiger partial charge in [-0.1, -0.05) is 12.1 Å². The lowest BCUT2D eigenvalue weighted by molar-refractivity contribution is 0.464. The summed E-state index contributed by atoms with van der Waals surface area (Å²) in [5.74, 6) is 0. The van der Waals surface area contributed by atoms with Gasteiger partial charge in [0.2, 0.25) is 0 Å². The predicted molar refractivity (Wildman–Crippen MR) is 67.7 cm³/mol. The summed E-state index contributed by atoms with van der Waals surface area (Å²) >= 11 is 0. The number of hydrogen-bond acceptors (Lipinski definition) is 3. The molecule has 0 aliphatic carbocycles. The first-order valence-electron chi connectivity index (χ1n) is 5.85. The second kappa shape index (κ2) is 5.48. The molecule has 18 heavy (non-hydrogen) atoms. The van der Waals surface area contributed by atoms with Gasteiger partial charge in [-0.25, -0.2) is 0 Å². The maximum Gasteiger partial charge on any atom is 0.279 e. The number of rotatable bonds is 4.